The Kier molecular flexibility index (Phi) is 7.01. The van der Waals surface area contributed by atoms with Crippen molar-refractivity contribution in [2.24, 2.45) is 5.92 Å². The molecule has 6 nitrogen and oxygen atoms in total. The lowest BCUT2D eigenvalue weighted by Gasteiger charge is -2.17. The van der Waals surface area contributed by atoms with Crippen LogP contribution in [0.1, 0.15) is 41.3 Å². The Morgan fingerprint density at radius 2 is 1.83 bits per heavy atom. The fourth-order valence-corrected chi connectivity index (χ4v) is 6.19. The number of benzene rings is 2. The summed E-state index contributed by atoms with van der Waals surface area (Å²) in [5.74, 6) is 3.36. The molecule has 188 valence electrons. The number of nitrogens with zero attached hydrogens (tertiary/aromatic N) is 1. The lowest BCUT2D eigenvalue weighted by molar-refractivity contribution is 0.240. The van der Waals surface area contributed by atoms with Gasteiger partial charge in [-0.15, -0.1) is 11.3 Å². The summed E-state index contributed by atoms with van der Waals surface area (Å²) in [5, 5.41) is 0.764. The molecule has 1 aliphatic rings. The molecule has 0 aliphatic heterocycles. The summed E-state index contributed by atoms with van der Waals surface area (Å²) in [4.78, 5) is 22.9. The van der Waals surface area contributed by atoms with E-state index in [0.717, 1.165) is 52.8 Å². The fourth-order valence-electron chi connectivity index (χ4n) is 4.80. The summed E-state index contributed by atoms with van der Waals surface area (Å²) in [6, 6.07) is 11.8. The van der Waals surface area contributed by atoms with Gasteiger partial charge in [-0.1, -0.05) is 24.6 Å². The van der Waals surface area contributed by atoms with Gasteiger partial charge in [-0.25, -0.2) is 4.98 Å². The van der Waals surface area contributed by atoms with Crippen LogP contribution in [-0.2, 0) is 12.8 Å². The number of thiophene rings is 1. The molecular formula is C29H32N2O4S. The van der Waals surface area contributed by atoms with E-state index < -0.39 is 0 Å². The molecule has 36 heavy (non-hydrogen) atoms. The van der Waals surface area contributed by atoms with E-state index in [9.17, 15) is 4.79 Å². The van der Waals surface area contributed by atoms with Gasteiger partial charge in [-0.2, -0.15) is 0 Å². The lowest BCUT2D eigenvalue weighted by Crippen LogP contribution is -2.13. The van der Waals surface area contributed by atoms with E-state index in [4.69, 9.17) is 19.2 Å². The van der Waals surface area contributed by atoms with E-state index in [1.165, 1.54) is 16.0 Å². The number of nitrogens with one attached hydrogen (secondary N) is 1. The maximum absolute atomic E-state index is 13.0. The minimum absolute atomic E-state index is 0.0647. The number of hydrogen-bond acceptors (Lipinski definition) is 6. The van der Waals surface area contributed by atoms with Gasteiger partial charge in [0.2, 0.25) is 0 Å². The molecular weight excluding hydrogens is 472 g/mol. The summed E-state index contributed by atoms with van der Waals surface area (Å²) < 4.78 is 17.4. The Bertz CT molecular complexity index is 1460. The highest BCUT2D eigenvalue weighted by Gasteiger charge is 2.23. The van der Waals surface area contributed by atoms with Gasteiger partial charge in [0.05, 0.1) is 25.7 Å². The number of aromatic nitrogens is 2. The van der Waals surface area contributed by atoms with Gasteiger partial charge in [0, 0.05) is 16.9 Å². The molecule has 5 rings (SSSR count). The smallest absolute Gasteiger partial charge is 0.260 e. The van der Waals surface area contributed by atoms with Gasteiger partial charge >= 0.3 is 0 Å². The van der Waals surface area contributed by atoms with Gasteiger partial charge in [-0.3, -0.25) is 4.79 Å². The van der Waals surface area contributed by atoms with Crippen LogP contribution in [0.15, 0.2) is 41.2 Å². The summed E-state index contributed by atoms with van der Waals surface area (Å²) >= 11 is 1.66. The van der Waals surface area contributed by atoms with E-state index in [2.05, 4.69) is 37.9 Å². The van der Waals surface area contributed by atoms with Crippen molar-refractivity contribution in [3.05, 3.63) is 68.3 Å². The average molecular weight is 505 g/mol. The van der Waals surface area contributed by atoms with Crippen LogP contribution in [0.25, 0.3) is 21.6 Å². The number of hydrogen-bond donors (Lipinski definition) is 1. The van der Waals surface area contributed by atoms with Gasteiger partial charge in [0.25, 0.3) is 5.56 Å². The van der Waals surface area contributed by atoms with Crippen molar-refractivity contribution >= 4 is 21.6 Å². The summed E-state index contributed by atoms with van der Waals surface area (Å²) in [6.45, 7) is 7.47. The van der Waals surface area contributed by atoms with Crippen molar-refractivity contribution in [1.29, 1.82) is 0 Å². The van der Waals surface area contributed by atoms with E-state index in [1.54, 1.807) is 18.4 Å². The zero-order valence-corrected chi connectivity index (χ0v) is 22.1. The second kappa shape index (κ2) is 10.3. The first kappa shape index (κ1) is 24.4. The van der Waals surface area contributed by atoms with Gasteiger partial charge in [-0.05, 0) is 74.4 Å². The van der Waals surface area contributed by atoms with Crippen molar-refractivity contribution in [3.8, 4) is 28.6 Å². The third kappa shape index (κ3) is 4.98. The maximum atomic E-state index is 13.0. The molecule has 0 fully saturated rings. The highest BCUT2D eigenvalue weighted by molar-refractivity contribution is 7.18. The number of rotatable bonds is 8. The molecule has 1 atom stereocenters. The van der Waals surface area contributed by atoms with E-state index in [1.807, 2.05) is 24.3 Å². The first-order valence-corrected chi connectivity index (χ1v) is 13.3. The third-order valence-corrected chi connectivity index (χ3v) is 7.88. The van der Waals surface area contributed by atoms with Crippen molar-refractivity contribution in [1.82, 2.24) is 9.97 Å². The molecule has 4 aromatic rings. The third-order valence-electron chi connectivity index (χ3n) is 6.74. The van der Waals surface area contributed by atoms with Gasteiger partial charge in [0.1, 0.15) is 16.4 Å². The predicted octanol–water partition coefficient (Wildman–Crippen LogP) is 6.25. The van der Waals surface area contributed by atoms with E-state index >= 15 is 0 Å². The van der Waals surface area contributed by atoms with Crippen LogP contribution in [0.4, 0.5) is 0 Å². The average Bonchev–Trinajstić information content (AvgIpc) is 3.23. The zero-order valence-electron chi connectivity index (χ0n) is 21.3. The van der Waals surface area contributed by atoms with Crippen molar-refractivity contribution < 1.29 is 14.2 Å². The first-order valence-electron chi connectivity index (χ1n) is 12.5. The molecule has 2 aromatic heterocycles. The quantitative estimate of drug-likeness (QED) is 0.287. The maximum Gasteiger partial charge on any atom is 0.260 e. The minimum atomic E-state index is -0.0647. The highest BCUT2D eigenvalue weighted by atomic mass is 32.1. The fraction of sp³-hybridized carbons (Fsp3) is 0.379. The Labute approximate surface area is 215 Å². The van der Waals surface area contributed by atoms with Gasteiger partial charge < -0.3 is 19.2 Å². The van der Waals surface area contributed by atoms with Crippen LogP contribution in [0, 0.1) is 19.8 Å². The Balaban J connectivity index is 1.27. The Morgan fingerprint density at radius 1 is 1.06 bits per heavy atom. The van der Waals surface area contributed by atoms with E-state index in [-0.39, 0.29) is 5.56 Å². The summed E-state index contributed by atoms with van der Waals surface area (Å²) in [6.07, 6.45) is 3.85. The van der Waals surface area contributed by atoms with Crippen LogP contribution in [0.2, 0.25) is 0 Å². The molecule has 7 heteroatoms. The lowest BCUT2D eigenvalue weighted by atomic mass is 9.89. The van der Waals surface area contributed by atoms with E-state index in [0.29, 0.717) is 36.5 Å². The molecule has 1 aliphatic carbocycles. The zero-order chi connectivity index (χ0) is 25.2. The number of aryl methyl sites for hydroxylation is 3. The number of H-pyrrole nitrogens is 1. The second-order valence-electron chi connectivity index (χ2n) is 9.63. The Hall–Kier alpha value is -3.32. The highest BCUT2D eigenvalue weighted by Crippen LogP contribution is 2.37. The largest absolute Gasteiger partial charge is 0.493 e. The first-order chi connectivity index (χ1) is 17.4. The van der Waals surface area contributed by atoms with Crippen molar-refractivity contribution in [2.45, 2.75) is 46.5 Å². The summed E-state index contributed by atoms with van der Waals surface area (Å²) in [7, 11) is 1.61. The predicted molar refractivity (Wildman–Crippen MR) is 145 cm³/mol. The summed E-state index contributed by atoms with van der Waals surface area (Å²) in [5.41, 5.74) is 4.27. The van der Waals surface area contributed by atoms with Crippen LogP contribution < -0.4 is 19.8 Å². The molecule has 0 bridgehead atoms. The molecule has 1 N–H and O–H groups in total. The number of ether oxygens (including phenoxy) is 3. The molecule has 0 saturated heterocycles. The van der Waals surface area contributed by atoms with Crippen LogP contribution in [0.5, 0.6) is 17.2 Å². The van der Waals surface area contributed by atoms with Crippen LogP contribution in [0.3, 0.4) is 0 Å². The molecule has 0 amide bonds. The number of aromatic amines is 1. The topological polar surface area (TPSA) is 73.4 Å². The molecule has 2 aromatic carbocycles. The standard InChI is InChI=1S/C29H32N2O4S/c1-17-7-10-22(19(3)14-17)34-12-5-13-35-23-11-8-20(16-24(23)33-4)27-30-28(32)26-21-9-6-18(2)15-25(21)36-29(26)31-27/h7-8,10-11,14,16,18H,5-6,9,12-13,15H2,1-4H3,(H,30,31,32). The number of methoxy groups -OCH3 is 1. The Morgan fingerprint density at radius 3 is 2.61 bits per heavy atom. The van der Waals surface area contributed by atoms with Crippen LogP contribution in [-0.4, -0.2) is 30.3 Å². The van der Waals surface area contributed by atoms with Crippen LogP contribution >= 0.6 is 11.3 Å². The molecule has 0 spiro atoms. The molecule has 1 unspecified atom stereocenters. The molecule has 0 saturated carbocycles. The minimum Gasteiger partial charge on any atom is -0.493 e. The van der Waals surface area contributed by atoms with Gasteiger partial charge in [0.15, 0.2) is 11.5 Å². The van der Waals surface area contributed by atoms with Crippen molar-refractivity contribution in [2.75, 3.05) is 20.3 Å². The monoisotopic (exact) mass is 504 g/mol. The van der Waals surface area contributed by atoms with Crippen molar-refractivity contribution in [3.63, 3.8) is 0 Å². The molecule has 2 heterocycles. The SMILES string of the molecule is COc1cc(-c2nc3sc4c(c3c(=O)[nH]2)CCC(C)C4)ccc1OCCCOc1ccc(C)cc1C. The second-order valence-corrected chi connectivity index (χ2v) is 10.7. The molecule has 0 radical (unpaired) electrons. The number of fused-ring (bicyclic) bond motifs is 3. The normalized spacial score (nSPS) is 15.1.